The first-order valence-corrected chi connectivity index (χ1v) is 9.92. The molecular formula is C18H23BrN6O. The van der Waals surface area contributed by atoms with Crippen LogP contribution in [0.15, 0.2) is 29.0 Å². The van der Waals surface area contributed by atoms with E-state index in [4.69, 9.17) is 4.74 Å². The highest BCUT2D eigenvalue weighted by molar-refractivity contribution is 9.10. The van der Waals surface area contributed by atoms with Crippen molar-refractivity contribution in [2.45, 2.75) is 31.7 Å². The summed E-state index contributed by atoms with van der Waals surface area (Å²) < 4.78 is 6.27. The molecule has 2 N–H and O–H groups in total. The molecule has 26 heavy (non-hydrogen) atoms. The lowest BCUT2D eigenvalue weighted by Gasteiger charge is -2.27. The van der Waals surface area contributed by atoms with Crippen molar-refractivity contribution in [2.75, 3.05) is 41.8 Å². The molecule has 0 bridgehead atoms. The Morgan fingerprint density at radius 1 is 1.08 bits per heavy atom. The van der Waals surface area contributed by atoms with E-state index in [0.29, 0.717) is 12.0 Å². The minimum atomic E-state index is 0.503. The van der Waals surface area contributed by atoms with Gasteiger partial charge in [0.25, 0.3) is 0 Å². The Hall–Kier alpha value is -1.93. The molecule has 1 aliphatic heterocycles. The number of hydrogen-bond donors (Lipinski definition) is 2. The molecule has 138 valence electrons. The maximum absolute atomic E-state index is 5.38. The van der Waals surface area contributed by atoms with E-state index >= 15 is 0 Å². The highest BCUT2D eigenvalue weighted by Crippen LogP contribution is 2.27. The molecular weight excluding hydrogens is 396 g/mol. The highest BCUT2D eigenvalue weighted by atomic mass is 79.9. The molecule has 0 radical (unpaired) electrons. The summed E-state index contributed by atoms with van der Waals surface area (Å²) in [4.78, 5) is 15.7. The third-order valence-electron chi connectivity index (χ3n) is 4.78. The summed E-state index contributed by atoms with van der Waals surface area (Å²) >= 11 is 3.53. The molecule has 0 spiro atoms. The van der Waals surface area contributed by atoms with E-state index < -0.39 is 0 Å². The van der Waals surface area contributed by atoms with E-state index in [9.17, 15) is 0 Å². The average molecular weight is 419 g/mol. The van der Waals surface area contributed by atoms with Crippen molar-refractivity contribution in [3.8, 4) is 0 Å². The van der Waals surface area contributed by atoms with E-state index in [0.717, 1.165) is 48.1 Å². The van der Waals surface area contributed by atoms with Gasteiger partial charge in [-0.25, -0.2) is 9.97 Å². The van der Waals surface area contributed by atoms with E-state index in [1.54, 1.807) is 6.20 Å². The quantitative estimate of drug-likeness (QED) is 0.768. The zero-order valence-corrected chi connectivity index (χ0v) is 16.2. The van der Waals surface area contributed by atoms with Crippen molar-refractivity contribution < 1.29 is 4.74 Å². The van der Waals surface area contributed by atoms with Crippen molar-refractivity contribution in [3.05, 3.63) is 29.0 Å². The second-order valence-corrected chi connectivity index (χ2v) is 7.50. The molecule has 7 nitrogen and oxygen atoms in total. The van der Waals surface area contributed by atoms with E-state index in [-0.39, 0.29) is 0 Å². The second-order valence-electron chi connectivity index (χ2n) is 6.65. The van der Waals surface area contributed by atoms with E-state index in [1.807, 2.05) is 18.3 Å². The summed E-state index contributed by atoms with van der Waals surface area (Å²) in [5.74, 6) is 2.38. The fraction of sp³-hybridized carbons (Fsp3) is 0.500. The van der Waals surface area contributed by atoms with Crippen molar-refractivity contribution in [1.82, 2.24) is 15.0 Å². The Morgan fingerprint density at radius 3 is 2.62 bits per heavy atom. The molecule has 0 aromatic carbocycles. The van der Waals surface area contributed by atoms with Crippen LogP contribution in [0.25, 0.3) is 0 Å². The number of hydrogen-bond acceptors (Lipinski definition) is 7. The van der Waals surface area contributed by atoms with Gasteiger partial charge in [-0.1, -0.05) is 12.8 Å². The molecule has 0 unspecified atom stereocenters. The summed E-state index contributed by atoms with van der Waals surface area (Å²) in [6.07, 6.45) is 8.57. The van der Waals surface area contributed by atoms with Crippen LogP contribution in [0.3, 0.4) is 0 Å². The Balaban J connectivity index is 1.43. The number of halogens is 1. The lowest BCUT2D eigenvalue weighted by Crippen LogP contribution is -2.36. The van der Waals surface area contributed by atoms with Crippen LogP contribution in [0, 0.1) is 0 Å². The molecule has 2 aromatic rings. The Labute approximate surface area is 161 Å². The Kier molecular flexibility index (Phi) is 5.50. The van der Waals surface area contributed by atoms with Gasteiger partial charge in [0.05, 0.1) is 29.6 Å². The fourth-order valence-electron chi connectivity index (χ4n) is 3.36. The third kappa shape index (κ3) is 4.24. The first-order chi connectivity index (χ1) is 12.8. The Morgan fingerprint density at radius 2 is 1.88 bits per heavy atom. The molecule has 0 amide bonds. The largest absolute Gasteiger partial charge is 0.378 e. The number of anilines is 4. The van der Waals surface area contributed by atoms with Crippen LogP contribution in [-0.4, -0.2) is 47.3 Å². The number of rotatable bonds is 5. The van der Waals surface area contributed by atoms with Gasteiger partial charge in [-0.3, -0.25) is 0 Å². The van der Waals surface area contributed by atoms with Crippen molar-refractivity contribution in [2.24, 2.45) is 0 Å². The second kappa shape index (κ2) is 8.18. The van der Waals surface area contributed by atoms with Gasteiger partial charge < -0.3 is 20.3 Å². The van der Waals surface area contributed by atoms with Crippen molar-refractivity contribution in [3.63, 3.8) is 0 Å². The molecule has 0 atom stereocenters. The summed E-state index contributed by atoms with van der Waals surface area (Å²) in [6.45, 7) is 3.27. The van der Waals surface area contributed by atoms with Crippen LogP contribution in [0.4, 0.5) is 23.3 Å². The van der Waals surface area contributed by atoms with Crippen LogP contribution in [0.1, 0.15) is 25.7 Å². The zero-order valence-electron chi connectivity index (χ0n) is 14.6. The molecule has 2 aliphatic rings. The summed E-state index contributed by atoms with van der Waals surface area (Å²) in [7, 11) is 0. The SMILES string of the molecule is Brc1cnc(Nc2ccc(N3CCOCC3)nc2)nc1NC1CCCC1. The number of aromatic nitrogens is 3. The minimum Gasteiger partial charge on any atom is -0.378 e. The maximum Gasteiger partial charge on any atom is 0.229 e. The molecule has 2 fully saturated rings. The molecule has 4 rings (SSSR count). The van der Waals surface area contributed by atoms with Gasteiger partial charge in [-0.05, 0) is 40.9 Å². The number of pyridine rings is 1. The smallest absolute Gasteiger partial charge is 0.229 e. The van der Waals surface area contributed by atoms with Crippen LogP contribution < -0.4 is 15.5 Å². The van der Waals surface area contributed by atoms with Gasteiger partial charge in [0, 0.05) is 25.3 Å². The zero-order chi connectivity index (χ0) is 17.8. The van der Waals surface area contributed by atoms with Crippen molar-refractivity contribution in [1.29, 1.82) is 0 Å². The first kappa shape index (κ1) is 17.5. The number of nitrogens with one attached hydrogen (secondary N) is 2. The highest BCUT2D eigenvalue weighted by Gasteiger charge is 2.17. The minimum absolute atomic E-state index is 0.503. The van der Waals surface area contributed by atoms with Crippen LogP contribution in [0.2, 0.25) is 0 Å². The summed E-state index contributed by atoms with van der Waals surface area (Å²) in [5, 5.41) is 6.75. The molecule has 1 saturated heterocycles. The van der Waals surface area contributed by atoms with Crippen molar-refractivity contribution >= 4 is 39.2 Å². The normalized spacial score (nSPS) is 18.1. The van der Waals surface area contributed by atoms with E-state index in [1.165, 1.54) is 25.7 Å². The van der Waals surface area contributed by atoms with Gasteiger partial charge in [0.1, 0.15) is 11.6 Å². The summed E-state index contributed by atoms with van der Waals surface area (Å²) in [6, 6.07) is 4.53. The molecule has 1 saturated carbocycles. The standard InChI is InChI=1S/C18H23BrN6O/c19-15-12-21-18(24-17(15)22-13-3-1-2-4-13)23-14-5-6-16(20-11-14)25-7-9-26-10-8-25/h5-6,11-13H,1-4,7-10H2,(H2,21,22,23,24). The monoisotopic (exact) mass is 418 g/mol. The van der Waals surface area contributed by atoms with Gasteiger partial charge in [-0.2, -0.15) is 4.98 Å². The molecule has 3 heterocycles. The van der Waals surface area contributed by atoms with Crippen LogP contribution >= 0.6 is 15.9 Å². The van der Waals surface area contributed by atoms with Gasteiger partial charge >= 0.3 is 0 Å². The lowest BCUT2D eigenvalue weighted by molar-refractivity contribution is 0.122. The van der Waals surface area contributed by atoms with Crippen LogP contribution in [-0.2, 0) is 4.74 Å². The number of nitrogens with zero attached hydrogens (tertiary/aromatic N) is 4. The Bertz CT molecular complexity index is 729. The van der Waals surface area contributed by atoms with Crippen LogP contribution in [0.5, 0.6) is 0 Å². The molecule has 8 heteroatoms. The number of ether oxygens (including phenoxy) is 1. The third-order valence-corrected chi connectivity index (χ3v) is 5.36. The number of morpholine rings is 1. The van der Waals surface area contributed by atoms with E-state index in [2.05, 4.69) is 46.4 Å². The summed E-state index contributed by atoms with van der Waals surface area (Å²) in [5.41, 5.74) is 0.871. The van der Waals surface area contributed by atoms with Gasteiger partial charge in [0.2, 0.25) is 5.95 Å². The topological polar surface area (TPSA) is 75.2 Å². The molecule has 2 aromatic heterocycles. The molecule has 1 aliphatic carbocycles. The lowest BCUT2D eigenvalue weighted by atomic mass is 10.2. The van der Waals surface area contributed by atoms with Gasteiger partial charge in [0.15, 0.2) is 0 Å². The first-order valence-electron chi connectivity index (χ1n) is 9.13. The average Bonchev–Trinajstić information content (AvgIpc) is 3.19. The predicted molar refractivity (Wildman–Crippen MR) is 106 cm³/mol. The van der Waals surface area contributed by atoms with Gasteiger partial charge in [-0.15, -0.1) is 0 Å². The maximum atomic E-state index is 5.38. The predicted octanol–water partition coefficient (Wildman–Crippen LogP) is 3.57. The fourth-order valence-corrected chi connectivity index (χ4v) is 3.67.